The number of amides is 2. The van der Waals surface area contributed by atoms with Crippen LogP contribution in [-0.4, -0.2) is 82.1 Å². The minimum Gasteiger partial charge on any atom is -0.341 e. The van der Waals surface area contributed by atoms with Crippen LogP contribution < -0.4 is 0 Å². The zero-order chi connectivity index (χ0) is 19.0. The van der Waals surface area contributed by atoms with Crippen molar-refractivity contribution in [3.8, 4) is 0 Å². The SMILES string of the molecule is Cc1cnn(CC(=O)N2CCC3(CC2)CC(C(=O)N2CCCC2)N(C)C3)c1. The number of nitrogens with zero attached hydrogens (tertiary/aromatic N) is 5. The van der Waals surface area contributed by atoms with Crippen molar-refractivity contribution in [3.63, 3.8) is 0 Å². The number of carbonyl (C=O) groups is 2. The van der Waals surface area contributed by atoms with E-state index in [9.17, 15) is 9.59 Å². The fourth-order valence-electron chi connectivity index (χ4n) is 5.08. The van der Waals surface area contributed by atoms with E-state index in [2.05, 4.69) is 17.0 Å². The molecule has 3 fully saturated rings. The molecule has 7 heteroatoms. The molecule has 1 aromatic heterocycles. The smallest absolute Gasteiger partial charge is 0.244 e. The number of hydrogen-bond donors (Lipinski definition) is 0. The molecule has 1 unspecified atom stereocenters. The topological polar surface area (TPSA) is 61.7 Å². The molecule has 1 spiro atoms. The van der Waals surface area contributed by atoms with E-state index in [1.807, 2.05) is 22.9 Å². The zero-order valence-electron chi connectivity index (χ0n) is 16.6. The molecule has 4 rings (SSSR count). The summed E-state index contributed by atoms with van der Waals surface area (Å²) in [5, 5.41) is 4.22. The molecule has 0 saturated carbocycles. The highest BCUT2D eigenvalue weighted by molar-refractivity contribution is 5.82. The maximum absolute atomic E-state index is 12.9. The lowest BCUT2D eigenvalue weighted by Gasteiger charge is -2.39. The van der Waals surface area contributed by atoms with Gasteiger partial charge in [-0.3, -0.25) is 19.2 Å². The molecular formula is C20H31N5O2. The van der Waals surface area contributed by atoms with Crippen molar-refractivity contribution in [2.45, 2.75) is 51.6 Å². The molecule has 3 saturated heterocycles. The maximum Gasteiger partial charge on any atom is 0.244 e. The lowest BCUT2D eigenvalue weighted by atomic mass is 9.76. The van der Waals surface area contributed by atoms with Crippen molar-refractivity contribution < 1.29 is 9.59 Å². The summed E-state index contributed by atoms with van der Waals surface area (Å²) < 4.78 is 1.72. The van der Waals surface area contributed by atoms with Crippen LogP contribution in [0.3, 0.4) is 0 Å². The van der Waals surface area contributed by atoms with Gasteiger partial charge in [-0.2, -0.15) is 5.10 Å². The zero-order valence-corrected chi connectivity index (χ0v) is 16.6. The van der Waals surface area contributed by atoms with Gasteiger partial charge in [-0.1, -0.05) is 0 Å². The van der Waals surface area contributed by atoms with Gasteiger partial charge in [-0.05, 0) is 57.1 Å². The van der Waals surface area contributed by atoms with Crippen LogP contribution >= 0.6 is 0 Å². The van der Waals surface area contributed by atoms with E-state index in [4.69, 9.17) is 0 Å². The Bertz CT molecular complexity index is 701. The fraction of sp³-hybridized carbons (Fsp3) is 0.750. The number of likely N-dealkylation sites (N-methyl/N-ethyl adjacent to an activating group) is 1. The monoisotopic (exact) mass is 373 g/mol. The van der Waals surface area contributed by atoms with Gasteiger partial charge in [-0.25, -0.2) is 0 Å². The third kappa shape index (κ3) is 3.74. The third-order valence-corrected chi connectivity index (χ3v) is 6.68. The molecule has 3 aliphatic heterocycles. The summed E-state index contributed by atoms with van der Waals surface area (Å²) in [6, 6.07) is 0.0254. The Hall–Kier alpha value is -1.89. The summed E-state index contributed by atoms with van der Waals surface area (Å²) in [7, 11) is 2.09. The molecule has 148 valence electrons. The van der Waals surface area contributed by atoms with Crippen LogP contribution in [0.5, 0.6) is 0 Å². The molecule has 2 amide bonds. The Kier molecular flexibility index (Phi) is 4.97. The van der Waals surface area contributed by atoms with E-state index in [0.29, 0.717) is 12.5 Å². The Labute approximate surface area is 161 Å². The minimum atomic E-state index is 0.0254. The first kappa shape index (κ1) is 18.5. The summed E-state index contributed by atoms with van der Waals surface area (Å²) in [5.41, 5.74) is 1.26. The summed E-state index contributed by atoms with van der Waals surface area (Å²) >= 11 is 0. The van der Waals surface area contributed by atoms with E-state index >= 15 is 0 Å². The minimum absolute atomic E-state index is 0.0254. The Balaban J connectivity index is 1.33. The van der Waals surface area contributed by atoms with Gasteiger partial charge in [0.25, 0.3) is 0 Å². The van der Waals surface area contributed by atoms with Crippen LogP contribution in [-0.2, 0) is 16.1 Å². The second-order valence-electron chi connectivity index (χ2n) is 8.76. The first-order valence-electron chi connectivity index (χ1n) is 10.2. The standard InChI is InChI=1S/C20H31N5O2/c1-16-12-21-25(13-16)14-18(26)23-9-5-20(6-10-23)11-17(22(2)15-20)19(27)24-7-3-4-8-24/h12-13,17H,3-11,14-15H2,1-2H3. The van der Waals surface area contributed by atoms with Gasteiger partial charge in [0.05, 0.1) is 12.2 Å². The highest BCUT2D eigenvalue weighted by atomic mass is 16.2. The van der Waals surface area contributed by atoms with Crippen molar-refractivity contribution in [1.82, 2.24) is 24.5 Å². The number of piperidine rings is 1. The van der Waals surface area contributed by atoms with Gasteiger partial charge in [0.1, 0.15) is 6.54 Å². The number of carbonyl (C=O) groups excluding carboxylic acids is 2. The Morgan fingerprint density at radius 2 is 1.85 bits per heavy atom. The van der Waals surface area contributed by atoms with Crippen molar-refractivity contribution >= 4 is 11.8 Å². The molecule has 3 aliphatic rings. The van der Waals surface area contributed by atoms with E-state index in [1.165, 1.54) is 0 Å². The van der Waals surface area contributed by atoms with E-state index in [-0.39, 0.29) is 17.4 Å². The number of rotatable bonds is 3. The average Bonchev–Trinajstić information content (AvgIpc) is 3.37. The van der Waals surface area contributed by atoms with E-state index in [0.717, 1.165) is 70.4 Å². The average molecular weight is 374 g/mol. The van der Waals surface area contributed by atoms with Gasteiger partial charge >= 0.3 is 0 Å². The van der Waals surface area contributed by atoms with Crippen LogP contribution in [0.4, 0.5) is 0 Å². The molecule has 0 aliphatic carbocycles. The molecule has 1 atom stereocenters. The quantitative estimate of drug-likeness (QED) is 0.797. The molecular weight excluding hydrogens is 342 g/mol. The molecule has 1 aromatic rings. The first-order valence-corrected chi connectivity index (χ1v) is 10.2. The highest BCUT2D eigenvalue weighted by Gasteiger charge is 2.48. The summed E-state index contributed by atoms with van der Waals surface area (Å²) in [5.74, 6) is 0.462. The van der Waals surface area contributed by atoms with Crippen molar-refractivity contribution in [1.29, 1.82) is 0 Å². The largest absolute Gasteiger partial charge is 0.341 e. The predicted molar refractivity (Wildman–Crippen MR) is 102 cm³/mol. The number of hydrogen-bond acceptors (Lipinski definition) is 4. The first-order chi connectivity index (χ1) is 13.0. The van der Waals surface area contributed by atoms with Gasteiger partial charge < -0.3 is 9.80 Å². The molecule has 0 radical (unpaired) electrons. The molecule has 0 N–H and O–H groups in total. The van der Waals surface area contributed by atoms with E-state index in [1.54, 1.807) is 10.9 Å². The van der Waals surface area contributed by atoms with Crippen molar-refractivity contribution in [2.75, 3.05) is 39.8 Å². The summed E-state index contributed by atoms with van der Waals surface area (Å²) in [4.78, 5) is 31.7. The van der Waals surface area contributed by atoms with Gasteiger partial charge in [0.2, 0.25) is 11.8 Å². The van der Waals surface area contributed by atoms with Crippen molar-refractivity contribution in [2.24, 2.45) is 5.41 Å². The maximum atomic E-state index is 12.9. The van der Waals surface area contributed by atoms with Crippen LogP contribution in [0.15, 0.2) is 12.4 Å². The fourth-order valence-corrected chi connectivity index (χ4v) is 5.08. The number of aryl methyl sites for hydroxylation is 1. The van der Waals surface area contributed by atoms with Crippen LogP contribution in [0.1, 0.15) is 37.7 Å². The normalized spacial score (nSPS) is 25.5. The Morgan fingerprint density at radius 3 is 2.48 bits per heavy atom. The van der Waals surface area contributed by atoms with Gasteiger partial charge in [-0.15, -0.1) is 0 Å². The molecule has 27 heavy (non-hydrogen) atoms. The predicted octanol–water partition coefficient (Wildman–Crippen LogP) is 1.13. The van der Waals surface area contributed by atoms with E-state index < -0.39 is 0 Å². The lowest BCUT2D eigenvalue weighted by Crippen LogP contribution is -2.45. The highest BCUT2D eigenvalue weighted by Crippen LogP contribution is 2.43. The van der Waals surface area contributed by atoms with Gasteiger partial charge in [0, 0.05) is 38.9 Å². The van der Waals surface area contributed by atoms with Crippen molar-refractivity contribution in [3.05, 3.63) is 18.0 Å². The second kappa shape index (κ2) is 7.26. The second-order valence-corrected chi connectivity index (χ2v) is 8.76. The molecule has 7 nitrogen and oxygen atoms in total. The Morgan fingerprint density at radius 1 is 1.15 bits per heavy atom. The third-order valence-electron chi connectivity index (χ3n) is 6.68. The van der Waals surface area contributed by atoms with Crippen LogP contribution in [0.2, 0.25) is 0 Å². The van der Waals surface area contributed by atoms with Crippen LogP contribution in [0, 0.1) is 12.3 Å². The molecule has 0 aromatic carbocycles. The lowest BCUT2D eigenvalue weighted by molar-refractivity contribution is -0.135. The molecule has 4 heterocycles. The summed E-state index contributed by atoms with van der Waals surface area (Å²) in [6.07, 6.45) is 8.89. The van der Waals surface area contributed by atoms with Gasteiger partial charge in [0.15, 0.2) is 0 Å². The number of likely N-dealkylation sites (tertiary alicyclic amines) is 3. The summed E-state index contributed by atoms with van der Waals surface area (Å²) in [6.45, 7) is 6.69. The van der Waals surface area contributed by atoms with Crippen LogP contribution in [0.25, 0.3) is 0 Å². The molecule has 0 bridgehead atoms. The number of aromatic nitrogens is 2.